The maximum absolute atomic E-state index is 9.59. The van der Waals surface area contributed by atoms with Crippen LogP contribution in [0.5, 0.6) is 0 Å². The maximum Gasteiger partial charge on any atom is 0.193 e. The molecule has 2 fully saturated rings. The minimum atomic E-state index is -0.146. The predicted octanol–water partition coefficient (Wildman–Crippen LogP) is 1.47. The van der Waals surface area contributed by atoms with E-state index in [4.69, 9.17) is 9.47 Å². The highest BCUT2D eigenvalue weighted by atomic mass is 127. The Labute approximate surface area is 157 Å². The predicted molar refractivity (Wildman–Crippen MR) is 103 cm³/mol. The summed E-state index contributed by atoms with van der Waals surface area (Å²) in [5.74, 6) is 1.55. The molecule has 2 heterocycles. The second-order valence-corrected chi connectivity index (χ2v) is 6.11. The average molecular weight is 441 g/mol. The Kier molecular flexibility index (Phi) is 11.2. The van der Waals surface area contributed by atoms with E-state index in [1.807, 2.05) is 0 Å². The first-order chi connectivity index (χ1) is 10.8. The molecule has 0 saturated carbocycles. The molecule has 136 valence electrons. The Morgan fingerprint density at radius 2 is 2.13 bits per heavy atom. The Morgan fingerprint density at radius 3 is 2.78 bits per heavy atom. The van der Waals surface area contributed by atoms with E-state index in [9.17, 15) is 5.11 Å². The van der Waals surface area contributed by atoms with Crippen molar-refractivity contribution in [2.75, 3.05) is 52.6 Å². The fourth-order valence-corrected chi connectivity index (χ4v) is 2.82. The zero-order valence-corrected chi connectivity index (χ0v) is 16.5. The van der Waals surface area contributed by atoms with Crippen LogP contribution in [0.1, 0.15) is 32.6 Å². The quantitative estimate of drug-likeness (QED) is 0.271. The molecule has 0 aromatic rings. The van der Waals surface area contributed by atoms with Crippen LogP contribution in [0.15, 0.2) is 4.99 Å². The first kappa shape index (κ1) is 20.9. The Balaban J connectivity index is 0.00000264. The number of guanidine groups is 1. The van der Waals surface area contributed by atoms with Crippen LogP contribution in [0.2, 0.25) is 0 Å². The van der Waals surface area contributed by atoms with Crippen LogP contribution in [-0.4, -0.2) is 74.7 Å². The van der Waals surface area contributed by atoms with Crippen LogP contribution in [-0.2, 0) is 9.47 Å². The van der Waals surface area contributed by atoms with Gasteiger partial charge in [-0.3, -0.25) is 4.99 Å². The number of nitrogens with one attached hydrogen (secondary N) is 1. The SMILES string of the molecule is CCNC(=NCCCOCC1CCOC1)N1CCC(O)CC1.I. The molecule has 0 radical (unpaired) electrons. The molecule has 1 unspecified atom stereocenters. The lowest BCUT2D eigenvalue weighted by atomic mass is 10.1. The van der Waals surface area contributed by atoms with Crippen molar-refractivity contribution in [3.05, 3.63) is 0 Å². The van der Waals surface area contributed by atoms with Gasteiger partial charge in [0.05, 0.1) is 19.3 Å². The van der Waals surface area contributed by atoms with E-state index in [-0.39, 0.29) is 30.1 Å². The van der Waals surface area contributed by atoms with Crippen LogP contribution in [0.4, 0.5) is 0 Å². The molecule has 0 amide bonds. The smallest absolute Gasteiger partial charge is 0.193 e. The Hall–Kier alpha value is -0.120. The molecule has 7 heteroatoms. The number of rotatable bonds is 7. The van der Waals surface area contributed by atoms with E-state index >= 15 is 0 Å². The van der Waals surface area contributed by atoms with E-state index in [0.717, 1.165) is 84.2 Å². The van der Waals surface area contributed by atoms with Crippen LogP contribution < -0.4 is 5.32 Å². The van der Waals surface area contributed by atoms with E-state index in [0.29, 0.717) is 5.92 Å². The van der Waals surface area contributed by atoms with Gasteiger partial charge in [0.1, 0.15) is 0 Å². The molecule has 0 spiro atoms. The van der Waals surface area contributed by atoms with Gasteiger partial charge in [-0.15, -0.1) is 24.0 Å². The van der Waals surface area contributed by atoms with Crippen molar-refractivity contribution in [2.45, 2.75) is 38.7 Å². The molecule has 6 nitrogen and oxygen atoms in total. The highest BCUT2D eigenvalue weighted by Crippen LogP contribution is 2.12. The largest absolute Gasteiger partial charge is 0.393 e. The van der Waals surface area contributed by atoms with Gasteiger partial charge in [0.2, 0.25) is 0 Å². The molecule has 0 aromatic heterocycles. The molecular formula is C16H32IN3O3. The summed E-state index contributed by atoms with van der Waals surface area (Å²) in [6.45, 7) is 8.81. The topological polar surface area (TPSA) is 66.3 Å². The molecule has 0 aromatic carbocycles. The number of aliphatic hydroxyl groups is 1. The van der Waals surface area contributed by atoms with E-state index in [2.05, 4.69) is 22.1 Å². The lowest BCUT2D eigenvalue weighted by molar-refractivity contribution is 0.0892. The summed E-state index contributed by atoms with van der Waals surface area (Å²) in [4.78, 5) is 6.92. The molecule has 2 aliphatic rings. The van der Waals surface area contributed by atoms with Gasteiger partial charge in [0, 0.05) is 45.3 Å². The number of nitrogens with zero attached hydrogens (tertiary/aromatic N) is 2. The summed E-state index contributed by atoms with van der Waals surface area (Å²) in [6, 6.07) is 0. The summed E-state index contributed by atoms with van der Waals surface area (Å²) in [7, 11) is 0. The van der Waals surface area contributed by atoms with Gasteiger partial charge in [-0.1, -0.05) is 0 Å². The third-order valence-corrected chi connectivity index (χ3v) is 4.18. The fourth-order valence-electron chi connectivity index (χ4n) is 2.82. The third kappa shape index (κ3) is 8.00. The van der Waals surface area contributed by atoms with Gasteiger partial charge < -0.3 is 24.8 Å². The van der Waals surface area contributed by atoms with E-state index in [1.54, 1.807) is 0 Å². The summed E-state index contributed by atoms with van der Waals surface area (Å²) in [5.41, 5.74) is 0. The number of piperidine rings is 1. The average Bonchev–Trinajstić information content (AvgIpc) is 3.04. The first-order valence-electron chi connectivity index (χ1n) is 8.66. The molecule has 0 aliphatic carbocycles. The highest BCUT2D eigenvalue weighted by Gasteiger charge is 2.19. The summed E-state index contributed by atoms with van der Waals surface area (Å²) in [5, 5.41) is 12.9. The first-order valence-corrected chi connectivity index (χ1v) is 8.66. The van der Waals surface area contributed by atoms with Gasteiger partial charge in [-0.05, 0) is 32.6 Å². The van der Waals surface area contributed by atoms with Gasteiger partial charge in [-0.2, -0.15) is 0 Å². The van der Waals surface area contributed by atoms with E-state index in [1.165, 1.54) is 0 Å². The lowest BCUT2D eigenvalue weighted by Gasteiger charge is -2.32. The Morgan fingerprint density at radius 1 is 1.35 bits per heavy atom. The lowest BCUT2D eigenvalue weighted by Crippen LogP contribution is -2.46. The van der Waals surface area contributed by atoms with Gasteiger partial charge in [0.25, 0.3) is 0 Å². The molecule has 2 aliphatic heterocycles. The minimum absolute atomic E-state index is 0. The second-order valence-electron chi connectivity index (χ2n) is 6.11. The Bertz CT molecular complexity index is 331. The van der Waals surface area contributed by atoms with Crippen molar-refractivity contribution >= 4 is 29.9 Å². The number of halogens is 1. The summed E-state index contributed by atoms with van der Waals surface area (Å²) >= 11 is 0. The normalized spacial score (nSPS) is 23.0. The highest BCUT2D eigenvalue weighted by molar-refractivity contribution is 14.0. The van der Waals surface area contributed by atoms with Crippen molar-refractivity contribution < 1.29 is 14.6 Å². The standard InChI is InChI=1S/C16H31N3O3.HI/c1-2-17-16(19-8-4-15(20)5-9-19)18-7-3-10-21-12-14-6-11-22-13-14;/h14-15,20H,2-13H2,1H3,(H,17,18);1H. The van der Waals surface area contributed by atoms with Crippen LogP contribution >= 0.6 is 24.0 Å². The zero-order valence-electron chi connectivity index (χ0n) is 14.2. The molecule has 23 heavy (non-hydrogen) atoms. The van der Waals surface area contributed by atoms with Crippen molar-refractivity contribution in [2.24, 2.45) is 10.9 Å². The number of likely N-dealkylation sites (tertiary alicyclic amines) is 1. The third-order valence-electron chi connectivity index (χ3n) is 4.18. The van der Waals surface area contributed by atoms with Crippen LogP contribution in [0.25, 0.3) is 0 Å². The molecule has 2 N–H and O–H groups in total. The molecular weight excluding hydrogens is 409 g/mol. The van der Waals surface area contributed by atoms with Crippen LogP contribution in [0.3, 0.4) is 0 Å². The summed E-state index contributed by atoms with van der Waals surface area (Å²) < 4.78 is 11.0. The van der Waals surface area contributed by atoms with Crippen molar-refractivity contribution in [1.82, 2.24) is 10.2 Å². The second kappa shape index (κ2) is 12.3. The number of aliphatic hydroxyl groups excluding tert-OH is 1. The monoisotopic (exact) mass is 441 g/mol. The minimum Gasteiger partial charge on any atom is -0.393 e. The molecule has 1 atom stereocenters. The van der Waals surface area contributed by atoms with E-state index < -0.39 is 0 Å². The fraction of sp³-hybridized carbons (Fsp3) is 0.938. The number of hydrogen-bond acceptors (Lipinski definition) is 4. The zero-order chi connectivity index (χ0) is 15.6. The number of ether oxygens (including phenoxy) is 2. The summed E-state index contributed by atoms with van der Waals surface area (Å²) in [6.07, 6.45) is 3.59. The van der Waals surface area contributed by atoms with Crippen molar-refractivity contribution in [3.63, 3.8) is 0 Å². The van der Waals surface area contributed by atoms with Crippen molar-refractivity contribution in [1.29, 1.82) is 0 Å². The molecule has 2 saturated heterocycles. The van der Waals surface area contributed by atoms with Gasteiger partial charge in [0.15, 0.2) is 5.96 Å². The van der Waals surface area contributed by atoms with Gasteiger partial charge in [-0.25, -0.2) is 0 Å². The van der Waals surface area contributed by atoms with Gasteiger partial charge >= 0.3 is 0 Å². The van der Waals surface area contributed by atoms with Crippen molar-refractivity contribution in [3.8, 4) is 0 Å². The molecule has 0 bridgehead atoms. The molecule has 2 rings (SSSR count). The number of aliphatic imine (C=N–C) groups is 1. The maximum atomic E-state index is 9.59. The van der Waals surface area contributed by atoms with Crippen LogP contribution in [0, 0.1) is 5.92 Å². The number of hydrogen-bond donors (Lipinski definition) is 2.